The monoisotopic (exact) mass is 314 g/mol. The maximum absolute atomic E-state index is 8.82. The lowest BCUT2D eigenvalue weighted by Gasteiger charge is -2.10. The van der Waals surface area contributed by atoms with Gasteiger partial charge in [-0.3, -0.25) is 0 Å². The number of rotatable bonds is 5. The molecule has 21 heavy (non-hydrogen) atoms. The summed E-state index contributed by atoms with van der Waals surface area (Å²) in [6.07, 6.45) is 5.51. The van der Waals surface area contributed by atoms with Crippen molar-refractivity contribution >= 4 is 28.8 Å². The van der Waals surface area contributed by atoms with Gasteiger partial charge in [-0.1, -0.05) is 12.8 Å². The van der Waals surface area contributed by atoms with Gasteiger partial charge in [-0.15, -0.1) is 23.1 Å². The molecule has 0 aliphatic heterocycles. The van der Waals surface area contributed by atoms with Crippen molar-refractivity contribution in [1.29, 1.82) is 5.26 Å². The topological polar surface area (TPSA) is 35.8 Å². The number of thiophene rings is 1. The second kappa shape index (κ2) is 7.02. The van der Waals surface area contributed by atoms with Gasteiger partial charge in [0.25, 0.3) is 0 Å². The van der Waals surface area contributed by atoms with Gasteiger partial charge in [-0.25, -0.2) is 0 Å². The lowest BCUT2D eigenvalue weighted by atomic mass is 10.3. The molecule has 2 nitrogen and oxygen atoms in total. The molecule has 0 radical (unpaired) electrons. The first kappa shape index (κ1) is 14.5. The van der Waals surface area contributed by atoms with Gasteiger partial charge in [0.2, 0.25) is 0 Å². The van der Waals surface area contributed by atoms with Crippen LogP contribution < -0.4 is 5.32 Å². The number of nitrogens with one attached hydrogen (secondary N) is 1. The molecule has 0 atom stereocenters. The summed E-state index contributed by atoms with van der Waals surface area (Å²) in [6.45, 7) is 0.779. The molecule has 4 heteroatoms. The SMILES string of the molecule is N#Cc1csc(CNc2ccc(SC3CCCC3)cc2)c1. The number of nitrogens with zero attached hydrogens (tertiary/aromatic N) is 1. The highest BCUT2D eigenvalue weighted by atomic mass is 32.2. The van der Waals surface area contributed by atoms with Crippen LogP contribution in [0.3, 0.4) is 0 Å². The summed E-state index contributed by atoms with van der Waals surface area (Å²) in [7, 11) is 0. The summed E-state index contributed by atoms with van der Waals surface area (Å²) in [6, 6.07) is 12.8. The minimum absolute atomic E-state index is 0.750. The fourth-order valence-electron chi connectivity index (χ4n) is 2.57. The van der Waals surface area contributed by atoms with Crippen LogP contribution in [0.5, 0.6) is 0 Å². The Bertz CT molecular complexity index is 619. The first-order valence-corrected chi connectivity index (χ1v) is 9.07. The van der Waals surface area contributed by atoms with E-state index in [0.717, 1.165) is 23.0 Å². The lowest BCUT2D eigenvalue weighted by molar-refractivity contribution is 0.886. The van der Waals surface area contributed by atoms with Crippen molar-refractivity contribution in [3.8, 4) is 6.07 Å². The van der Waals surface area contributed by atoms with Crippen LogP contribution in [0.4, 0.5) is 5.69 Å². The summed E-state index contributed by atoms with van der Waals surface area (Å²) >= 11 is 3.65. The van der Waals surface area contributed by atoms with Gasteiger partial charge in [0.1, 0.15) is 6.07 Å². The van der Waals surface area contributed by atoms with Crippen LogP contribution in [0.2, 0.25) is 0 Å². The van der Waals surface area contributed by atoms with Gasteiger partial charge < -0.3 is 5.32 Å². The highest BCUT2D eigenvalue weighted by Crippen LogP contribution is 2.35. The van der Waals surface area contributed by atoms with Gasteiger partial charge in [0.05, 0.1) is 5.56 Å². The summed E-state index contributed by atoms with van der Waals surface area (Å²) < 4.78 is 0. The zero-order chi connectivity index (χ0) is 14.5. The zero-order valence-corrected chi connectivity index (χ0v) is 13.5. The summed E-state index contributed by atoms with van der Waals surface area (Å²) in [5, 5.41) is 14.9. The Kier molecular flexibility index (Phi) is 4.84. The Hall–Kier alpha value is -1.44. The molecule has 3 rings (SSSR count). The number of hydrogen-bond acceptors (Lipinski definition) is 4. The molecule has 0 unspecified atom stereocenters. The van der Waals surface area contributed by atoms with E-state index in [1.54, 1.807) is 11.3 Å². The molecule has 1 heterocycles. The van der Waals surface area contributed by atoms with Crippen LogP contribution >= 0.6 is 23.1 Å². The summed E-state index contributed by atoms with van der Waals surface area (Å²) in [4.78, 5) is 2.56. The van der Waals surface area contributed by atoms with Gasteiger partial charge in [0, 0.05) is 32.6 Å². The van der Waals surface area contributed by atoms with Crippen LogP contribution in [0.1, 0.15) is 36.1 Å². The number of nitriles is 1. The molecule has 1 N–H and O–H groups in total. The number of benzene rings is 1. The maximum atomic E-state index is 8.82. The van der Waals surface area contributed by atoms with E-state index in [4.69, 9.17) is 5.26 Å². The smallest absolute Gasteiger partial charge is 0.100 e. The van der Waals surface area contributed by atoms with E-state index in [-0.39, 0.29) is 0 Å². The first-order chi connectivity index (χ1) is 10.3. The Balaban J connectivity index is 1.53. The molecular weight excluding hydrogens is 296 g/mol. The summed E-state index contributed by atoms with van der Waals surface area (Å²) in [5.74, 6) is 0. The minimum Gasteiger partial charge on any atom is -0.380 e. The number of anilines is 1. The molecule has 1 aliphatic rings. The van der Waals surface area contributed by atoms with Crippen molar-refractivity contribution in [2.75, 3.05) is 5.32 Å². The largest absolute Gasteiger partial charge is 0.380 e. The fourth-order valence-corrected chi connectivity index (χ4v) is 4.57. The predicted molar refractivity (Wildman–Crippen MR) is 90.9 cm³/mol. The van der Waals surface area contributed by atoms with Gasteiger partial charge in [-0.05, 0) is 43.2 Å². The molecule has 1 aromatic carbocycles. The molecule has 0 amide bonds. The third-order valence-electron chi connectivity index (χ3n) is 3.71. The third kappa shape index (κ3) is 4.03. The van der Waals surface area contributed by atoms with Crippen LogP contribution in [-0.2, 0) is 6.54 Å². The van der Waals surface area contributed by atoms with Crippen LogP contribution in [0.25, 0.3) is 0 Å². The molecule has 108 valence electrons. The van der Waals surface area contributed by atoms with Crippen molar-refractivity contribution < 1.29 is 0 Å². The van der Waals surface area contributed by atoms with E-state index in [2.05, 4.69) is 35.7 Å². The van der Waals surface area contributed by atoms with Gasteiger partial charge >= 0.3 is 0 Å². The Morgan fingerprint density at radius 2 is 2.00 bits per heavy atom. The van der Waals surface area contributed by atoms with Gasteiger partial charge in [-0.2, -0.15) is 5.26 Å². The maximum Gasteiger partial charge on any atom is 0.100 e. The first-order valence-electron chi connectivity index (χ1n) is 7.31. The molecule has 1 fully saturated rings. The van der Waals surface area contributed by atoms with E-state index in [0.29, 0.717) is 0 Å². The third-order valence-corrected chi connectivity index (χ3v) is 5.99. The molecule has 0 bridgehead atoms. The molecule has 0 spiro atoms. The highest BCUT2D eigenvalue weighted by Gasteiger charge is 2.15. The molecule has 1 aliphatic carbocycles. The zero-order valence-electron chi connectivity index (χ0n) is 11.8. The van der Waals surface area contributed by atoms with Crippen molar-refractivity contribution in [1.82, 2.24) is 0 Å². The van der Waals surface area contributed by atoms with Crippen molar-refractivity contribution in [3.63, 3.8) is 0 Å². The molecule has 0 saturated heterocycles. The predicted octanol–water partition coefficient (Wildman–Crippen LogP) is 5.27. The number of thioether (sulfide) groups is 1. The molecule has 2 aromatic rings. The lowest BCUT2D eigenvalue weighted by Crippen LogP contribution is -1.97. The average molecular weight is 314 g/mol. The molecule has 1 aromatic heterocycles. The Labute approximate surface area is 134 Å². The van der Waals surface area contributed by atoms with Gasteiger partial charge in [0.15, 0.2) is 0 Å². The average Bonchev–Trinajstić information content (AvgIpc) is 3.18. The van der Waals surface area contributed by atoms with Crippen molar-refractivity contribution in [3.05, 3.63) is 46.2 Å². The Morgan fingerprint density at radius 1 is 1.24 bits per heavy atom. The fraction of sp³-hybridized carbons (Fsp3) is 0.353. The van der Waals surface area contributed by atoms with Crippen LogP contribution in [0, 0.1) is 11.3 Å². The van der Waals surface area contributed by atoms with E-state index in [1.165, 1.54) is 35.5 Å². The standard InChI is InChI=1S/C17H18N2S2/c18-10-13-9-17(20-12-13)11-19-14-5-7-16(8-6-14)21-15-3-1-2-4-15/h5-9,12,15,19H,1-4,11H2. The van der Waals surface area contributed by atoms with Crippen LogP contribution in [-0.4, -0.2) is 5.25 Å². The Morgan fingerprint density at radius 3 is 2.67 bits per heavy atom. The number of hydrogen-bond donors (Lipinski definition) is 1. The van der Waals surface area contributed by atoms with E-state index in [1.807, 2.05) is 23.2 Å². The quantitative estimate of drug-likeness (QED) is 0.817. The normalized spacial score (nSPS) is 15.0. The summed E-state index contributed by atoms with van der Waals surface area (Å²) in [5.41, 5.74) is 1.89. The molecular formula is C17H18N2S2. The van der Waals surface area contributed by atoms with Crippen molar-refractivity contribution in [2.45, 2.75) is 42.4 Å². The van der Waals surface area contributed by atoms with E-state index >= 15 is 0 Å². The second-order valence-corrected chi connectivity index (χ2v) is 7.69. The van der Waals surface area contributed by atoms with Crippen LogP contribution in [0.15, 0.2) is 40.6 Å². The van der Waals surface area contributed by atoms with E-state index in [9.17, 15) is 0 Å². The molecule has 1 saturated carbocycles. The highest BCUT2D eigenvalue weighted by molar-refractivity contribution is 8.00. The second-order valence-electron chi connectivity index (χ2n) is 5.32. The minimum atomic E-state index is 0.750. The van der Waals surface area contributed by atoms with E-state index < -0.39 is 0 Å². The van der Waals surface area contributed by atoms with Crippen molar-refractivity contribution in [2.24, 2.45) is 0 Å².